The third kappa shape index (κ3) is 3.32. The number of rotatable bonds is 3. The molecule has 1 saturated heterocycles. The molecule has 102 valence electrons. The molecule has 1 heterocycles. The van der Waals surface area contributed by atoms with E-state index in [4.69, 9.17) is 5.26 Å². The molecule has 0 aliphatic carbocycles. The highest BCUT2D eigenvalue weighted by Crippen LogP contribution is 2.17. The molecule has 6 heteroatoms. The summed E-state index contributed by atoms with van der Waals surface area (Å²) in [6, 6.07) is 6.60. The molecule has 0 radical (unpaired) electrons. The lowest BCUT2D eigenvalue weighted by molar-refractivity contribution is 0.200. The van der Waals surface area contributed by atoms with E-state index in [2.05, 4.69) is 4.83 Å². The van der Waals surface area contributed by atoms with Crippen LogP contribution in [0.4, 0.5) is 0 Å². The molecule has 5 nitrogen and oxygen atoms in total. The Hall–Kier alpha value is -1.42. The van der Waals surface area contributed by atoms with Crippen LogP contribution in [-0.2, 0) is 10.0 Å². The number of aryl methyl sites for hydroxylation is 1. The Balaban J connectivity index is 2.22. The first kappa shape index (κ1) is 14.0. The topological polar surface area (TPSA) is 73.2 Å². The fourth-order valence-corrected chi connectivity index (χ4v) is 3.58. The number of hydrogen-bond acceptors (Lipinski definition) is 4. The fourth-order valence-electron chi connectivity index (χ4n) is 2.22. The number of piperidine rings is 1. The summed E-state index contributed by atoms with van der Waals surface area (Å²) < 4.78 is 24.6. The molecule has 0 spiro atoms. The summed E-state index contributed by atoms with van der Waals surface area (Å²) in [4.78, 5) is 2.85. The van der Waals surface area contributed by atoms with Crippen molar-refractivity contribution in [3.05, 3.63) is 29.3 Å². The standard InChI is InChI=1S/C13H17N3O2S/c1-11-9-12(10-14)5-6-13(11)19(17,18)15-16-7-3-2-4-8-16/h5-6,9,15H,2-4,7-8H2,1H3. The van der Waals surface area contributed by atoms with Crippen LogP contribution in [0.2, 0.25) is 0 Å². The zero-order valence-electron chi connectivity index (χ0n) is 10.9. The first-order valence-corrected chi connectivity index (χ1v) is 7.79. The number of benzene rings is 1. The van der Waals surface area contributed by atoms with Crippen molar-refractivity contribution in [2.24, 2.45) is 0 Å². The summed E-state index contributed by atoms with van der Waals surface area (Å²) in [5.41, 5.74) is 1.05. The van der Waals surface area contributed by atoms with Crippen LogP contribution >= 0.6 is 0 Å². The van der Waals surface area contributed by atoms with Gasteiger partial charge in [-0.1, -0.05) is 6.42 Å². The molecule has 0 unspecified atom stereocenters. The van der Waals surface area contributed by atoms with Gasteiger partial charge in [-0.15, -0.1) is 4.83 Å². The highest BCUT2D eigenvalue weighted by molar-refractivity contribution is 7.89. The third-order valence-corrected chi connectivity index (χ3v) is 4.73. The normalized spacial score (nSPS) is 17.1. The van der Waals surface area contributed by atoms with Gasteiger partial charge in [-0.2, -0.15) is 5.26 Å². The smallest absolute Gasteiger partial charge is 0.230 e. The summed E-state index contributed by atoms with van der Waals surface area (Å²) in [5.74, 6) is 0. The van der Waals surface area contributed by atoms with Crippen LogP contribution in [0.5, 0.6) is 0 Å². The van der Waals surface area contributed by atoms with Gasteiger partial charge in [-0.05, 0) is 43.5 Å². The molecule has 1 fully saturated rings. The van der Waals surface area contributed by atoms with Crippen molar-refractivity contribution in [2.75, 3.05) is 13.1 Å². The maximum atomic E-state index is 12.3. The van der Waals surface area contributed by atoms with E-state index in [1.165, 1.54) is 12.1 Å². The minimum absolute atomic E-state index is 0.233. The van der Waals surface area contributed by atoms with E-state index in [9.17, 15) is 8.42 Å². The Morgan fingerprint density at radius 3 is 2.53 bits per heavy atom. The van der Waals surface area contributed by atoms with Crippen molar-refractivity contribution < 1.29 is 8.42 Å². The predicted molar refractivity (Wildman–Crippen MR) is 71.6 cm³/mol. The summed E-state index contributed by atoms with van der Waals surface area (Å²) in [7, 11) is -3.55. The predicted octanol–water partition coefficient (Wildman–Crippen LogP) is 1.55. The van der Waals surface area contributed by atoms with E-state index < -0.39 is 10.0 Å². The molecule has 2 rings (SSSR count). The molecule has 19 heavy (non-hydrogen) atoms. The number of nitrogens with zero attached hydrogens (tertiary/aromatic N) is 2. The number of sulfonamides is 1. The second-order valence-corrected chi connectivity index (χ2v) is 6.36. The van der Waals surface area contributed by atoms with Crippen LogP contribution in [-0.4, -0.2) is 26.5 Å². The second kappa shape index (κ2) is 5.70. The molecule has 1 aromatic rings. The lowest BCUT2D eigenvalue weighted by Crippen LogP contribution is -2.45. The minimum Gasteiger partial charge on any atom is -0.230 e. The van der Waals surface area contributed by atoms with Gasteiger partial charge in [0.2, 0.25) is 0 Å². The molecule has 1 aliphatic heterocycles. The van der Waals surface area contributed by atoms with Crippen molar-refractivity contribution in [3.8, 4) is 6.07 Å². The molecular weight excluding hydrogens is 262 g/mol. The Kier molecular flexibility index (Phi) is 4.20. The zero-order valence-corrected chi connectivity index (χ0v) is 11.7. The van der Waals surface area contributed by atoms with Gasteiger partial charge in [-0.25, -0.2) is 13.4 Å². The first-order chi connectivity index (χ1) is 9.03. The van der Waals surface area contributed by atoms with E-state index in [0.717, 1.165) is 32.4 Å². The third-order valence-electron chi connectivity index (χ3n) is 3.20. The summed E-state index contributed by atoms with van der Waals surface area (Å²) in [5, 5.41) is 10.5. The molecule has 1 aromatic carbocycles. The van der Waals surface area contributed by atoms with Crippen LogP contribution in [0.15, 0.2) is 23.1 Å². The average Bonchev–Trinajstić information content (AvgIpc) is 2.38. The van der Waals surface area contributed by atoms with Crippen molar-refractivity contribution in [2.45, 2.75) is 31.1 Å². The van der Waals surface area contributed by atoms with E-state index >= 15 is 0 Å². The molecule has 0 atom stereocenters. The van der Waals surface area contributed by atoms with Gasteiger partial charge in [-0.3, -0.25) is 0 Å². The Morgan fingerprint density at radius 1 is 1.26 bits per heavy atom. The van der Waals surface area contributed by atoms with Gasteiger partial charge < -0.3 is 0 Å². The summed E-state index contributed by atoms with van der Waals surface area (Å²) >= 11 is 0. The average molecular weight is 279 g/mol. The molecule has 1 aliphatic rings. The largest absolute Gasteiger partial charge is 0.253 e. The van der Waals surface area contributed by atoms with Crippen LogP contribution in [0, 0.1) is 18.3 Å². The Bertz CT molecular complexity index is 599. The van der Waals surface area contributed by atoms with Crippen LogP contribution in [0.3, 0.4) is 0 Å². The highest BCUT2D eigenvalue weighted by atomic mass is 32.2. The van der Waals surface area contributed by atoms with E-state index in [1.807, 2.05) is 6.07 Å². The zero-order chi connectivity index (χ0) is 13.9. The van der Waals surface area contributed by atoms with Crippen molar-refractivity contribution in [1.82, 2.24) is 9.84 Å². The van der Waals surface area contributed by atoms with E-state index in [0.29, 0.717) is 11.1 Å². The number of nitriles is 1. The lowest BCUT2D eigenvalue weighted by Gasteiger charge is -2.26. The van der Waals surface area contributed by atoms with Crippen LogP contribution in [0.25, 0.3) is 0 Å². The van der Waals surface area contributed by atoms with Crippen molar-refractivity contribution in [1.29, 1.82) is 5.26 Å². The van der Waals surface area contributed by atoms with Crippen LogP contribution < -0.4 is 4.83 Å². The van der Waals surface area contributed by atoms with Crippen molar-refractivity contribution >= 4 is 10.0 Å². The molecule has 0 saturated carbocycles. The van der Waals surface area contributed by atoms with Gasteiger partial charge >= 0.3 is 0 Å². The monoisotopic (exact) mass is 279 g/mol. The Labute approximate surface area is 113 Å². The number of hydrogen-bond donors (Lipinski definition) is 1. The van der Waals surface area contributed by atoms with Crippen LogP contribution in [0.1, 0.15) is 30.4 Å². The number of nitrogens with one attached hydrogen (secondary N) is 1. The SMILES string of the molecule is Cc1cc(C#N)ccc1S(=O)(=O)NN1CCCCC1. The van der Waals surface area contributed by atoms with Gasteiger partial charge in [0, 0.05) is 13.1 Å². The maximum absolute atomic E-state index is 12.3. The minimum atomic E-state index is -3.55. The molecule has 0 aromatic heterocycles. The van der Waals surface area contributed by atoms with Gasteiger partial charge in [0.25, 0.3) is 10.0 Å². The molecule has 0 bridgehead atoms. The van der Waals surface area contributed by atoms with E-state index in [-0.39, 0.29) is 4.90 Å². The molecular formula is C13H17N3O2S. The van der Waals surface area contributed by atoms with Crippen molar-refractivity contribution in [3.63, 3.8) is 0 Å². The second-order valence-electron chi connectivity index (χ2n) is 4.73. The quantitative estimate of drug-likeness (QED) is 0.911. The summed E-state index contributed by atoms with van der Waals surface area (Å²) in [6.45, 7) is 3.19. The number of hydrazine groups is 1. The van der Waals surface area contributed by atoms with E-state index in [1.54, 1.807) is 18.0 Å². The molecule has 1 N–H and O–H groups in total. The van der Waals surface area contributed by atoms with Gasteiger partial charge in [0.05, 0.1) is 16.5 Å². The maximum Gasteiger partial charge on any atom is 0.253 e. The Morgan fingerprint density at radius 2 is 1.95 bits per heavy atom. The summed E-state index contributed by atoms with van der Waals surface area (Å²) in [6.07, 6.45) is 3.16. The van der Waals surface area contributed by atoms with Gasteiger partial charge in [0.15, 0.2) is 0 Å². The lowest BCUT2D eigenvalue weighted by atomic mass is 10.2. The fraction of sp³-hybridized carbons (Fsp3) is 0.462. The molecule has 0 amide bonds. The first-order valence-electron chi connectivity index (χ1n) is 6.31. The van der Waals surface area contributed by atoms with Gasteiger partial charge in [0.1, 0.15) is 0 Å². The highest BCUT2D eigenvalue weighted by Gasteiger charge is 2.21.